The lowest BCUT2D eigenvalue weighted by Crippen LogP contribution is -2.54. The predicted molar refractivity (Wildman–Crippen MR) is 189 cm³/mol. The van der Waals surface area contributed by atoms with Gasteiger partial charge in [-0.1, -0.05) is 13.8 Å². The van der Waals surface area contributed by atoms with Crippen molar-refractivity contribution in [2.45, 2.75) is 90.8 Å². The molecule has 0 rings (SSSR count). The number of carboxylic acid groups (broad SMARTS) is 3. The molecular weight excluding hydrogens is 758 g/mol. The fraction of sp³-hybridized carbons (Fsp3) is 0.719. The summed E-state index contributed by atoms with van der Waals surface area (Å²) in [6, 6.07) is -4.82. The minimum Gasteiger partial charge on any atom is -0.481 e. The van der Waals surface area contributed by atoms with Gasteiger partial charge in [-0.15, -0.1) is 0 Å². The third kappa shape index (κ3) is 24.3. The van der Waals surface area contributed by atoms with E-state index in [2.05, 4.69) is 21.3 Å². The number of hydrogen-bond acceptors (Lipinski definition) is 13. The van der Waals surface area contributed by atoms with E-state index in [-0.39, 0.29) is 58.5 Å². The standard InChI is InChI=1S/C32H53N5O17S/c1-31(2,19-32(3,4)30(48)49)15-24(40)36-22(18-55(50,51)52)27(43)37-21(29(46)47)8-9-23(39)34-11-12-53-13-14-54-17-26(42)35-20(28(44)45)7-5-6-10-33-25(41)16-38/h16,20-22H,5-15,17-19H2,1-4H3,(H,33,41)(H,34,39)(H,35,42)(H,36,40)(H,37,43)(H,44,45)(H,46,47)(H,48,49)(H,50,51,52). The lowest BCUT2D eigenvalue weighted by molar-refractivity contribution is -0.149. The Labute approximate surface area is 317 Å². The van der Waals surface area contributed by atoms with Crippen LogP contribution in [0.25, 0.3) is 0 Å². The summed E-state index contributed by atoms with van der Waals surface area (Å²) >= 11 is 0. The molecule has 55 heavy (non-hydrogen) atoms. The molecule has 0 aromatic heterocycles. The maximum absolute atomic E-state index is 12.9. The first-order valence-electron chi connectivity index (χ1n) is 17.1. The van der Waals surface area contributed by atoms with Gasteiger partial charge >= 0.3 is 17.9 Å². The van der Waals surface area contributed by atoms with E-state index in [9.17, 15) is 71.4 Å². The van der Waals surface area contributed by atoms with Crippen molar-refractivity contribution in [3.63, 3.8) is 0 Å². The van der Waals surface area contributed by atoms with Gasteiger partial charge < -0.3 is 51.4 Å². The normalized spacial score (nSPS) is 13.3. The second kappa shape index (κ2) is 24.6. The molecule has 5 amide bonds. The first-order valence-corrected chi connectivity index (χ1v) is 18.7. The molecule has 0 aliphatic heterocycles. The van der Waals surface area contributed by atoms with Gasteiger partial charge in [-0.05, 0) is 51.4 Å². The maximum Gasteiger partial charge on any atom is 0.326 e. The smallest absolute Gasteiger partial charge is 0.326 e. The number of carbonyl (C=O) groups excluding carboxylic acids is 6. The highest BCUT2D eigenvalue weighted by Gasteiger charge is 2.37. The summed E-state index contributed by atoms with van der Waals surface area (Å²) in [6.07, 6.45) is -0.252. The van der Waals surface area contributed by atoms with Crippen molar-refractivity contribution in [2.75, 3.05) is 45.3 Å². The summed E-state index contributed by atoms with van der Waals surface area (Å²) in [5.74, 6) is -9.50. The van der Waals surface area contributed by atoms with Gasteiger partial charge in [-0.25, -0.2) is 9.59 Å². The van der Waals surface area contributed by atoms with E-state index in [4.69, 9.17) is 9.47 Å². The van der Waals surface area contributed by atoms with E-state index in [1.54, 1.807) is 13.8 Å². The Morgan fingerprint density at radius 1 is 0.709 bits per heavy atom. The number of carbonyl (C=O) groups is 9. The number of carboxylic acids is 3. The summed E-state index contributed by atoms with van der Waals surface area (Å²) in [6.45, 7) is 5.68. The van der Waals surface area contributed by atoms with E-state index in [1.165, 1.54) is 13.8 Å². The van der Waals surface area contributed by atoms with Crippen molar-refractivity contribution in [2.24, 2.45) is 10.8 Å². The van der Waals surface area contributed by atoms with Crippen molar-refractivity contribution >= 4 is 63.8 Å². The number of amides is 5. The van der Waals surface area contributed by atoms with Crippen LogP contribution < -0.4 is 26.6 Å². The minimum atomic E-state index is -4.86. The molecule has 0 heterocycles. The van der Waals surface area contributed by atoms with E-state index in [0.717, 1.165) is 0 Å². The van der Waals surface area contributed by atoms with Crippen LogP contribution in [0.4, 0.5) is 0 Å². The SMILES string of the molecule is CC(C)(CC(=O)NC(CS(=O)(=O)O)C(=O)NC(CCC(=O)NCCOCCOCC(=O)NC(CCCCNC(=O)C=O)C(=O)O)C(=O)O)CC(C)(C)C(=O)O. The van der Waals surface area contributed by atoms with Gasteiger partial charge in [0.2, 0.25) is 29.9 Å². The monoisotopic (exact) mass is 811 g/mol. The highest BCUT2D eigenvalue weighted by molar-refractivity contribution is 7.85. The van der Waals surface area contributed by atoms with Crippen LogP contribution in [-0.4, -0.2) is 145 Å². The largest absolute Gasteiger partial charge is 0.481 e. The molecule has 0 aromatic rings. The fourth-order valence-electron chi connectivity index (χ4n) is 5.17. The average molecular weight is 812 g/mol. The zero-order chi connectivity index (χ0) is 42.4. The molecule has 3 atom stereocenters. The molecule has 0 spiro atoms. The molecule has 0 bridgehead atoms. The molecule has 0 aromatic carbocycles. The van der Waals surface area contributed by atoms with Gasteiger partial charge in [0.1, 0.15) is 30.5 Å². The van der Waals surface area contributed by atoms with Gasteiger partial charge in [0.15, 0.2) is 0 Å². The topological polar surface area (TPSA) is 347 Å². The minimum absolute atomic E-state index is 0.00970. The molecule has 3 unspecified atom stereocenters. The van der Waals surface area contributed by atoms with Crippen LogP contribution >= 0.6 is 0 Å². The number of rotatable bonds is 30. The van der Waals surface area contributed by atoms with Gasteiger partial charge in [0, 0.05) is 25.9 Å². The highest BCUT2D eigenvalue weighted by atomic mass is 32.2. The van der Waals surface area contributed by atoms with Gasteiger partial charge in [0.25, 0.3) is 16.0 Å². The fourth-order valence-corrected chi connectivity index (χ4v) is 5.82. The van der Waals surface area contributed by atoms with E-state index >= 15 is 0 Å². The first-order chi connectivity index (χ1) is 25.4. The molecule has 0 saturated heterocycles. The van der Waals surface area contributed by atoms with E-state index in [0.29, 0.717) is 12.8 Å². The van der Waals surface area contributed by atoms with Crippen molar-refractivity contribution in [3.05, 3.63) is 0 Å². The Hall–Kier alpha value is -4.74. The Bertz CT molecular complexity index is 1470. The predicted octanol–water partition coefficient (Wildman–Crippen LogP) is -2.17. The number of ether oxygens (including phenoxy) is 2. The van der Waals surface area contributed by atoms with Crippen LogP contribution in [-0.2, 0) is 62.7 Å². The Morgan fingerprint density at radius 3 is 1.85 bits per heavy atom. The first kappa shape index (κ1) is 50.3. The number of nitrogens with one attached hydrogen (secondary N) is 5. The maximum atomic E-state index is 12.9. The van der Waals surface area contributed by atoms with Crippen molar-refractivity contribution in [3.8, 4) is 0 Å². The second-order valence-electron chi connectivity index (χ2n) is 13.9. The third-order valence-electron chi connectivity index (χ3n) is 7.58. The van der Waals surface area contributed by atoms with Crippen LogP contribution in [0.5, 0.6) is 0 Å². The van der Waals surface area contributed by atoms with E-state index in [1.807, 2.05) is 5.32 Å². The highest BCUT2D eigenvalue weighted by Crippen LogP contribution is 2.36. The molecule has 23 heteroatoms. The van der Waals surface area contributed by atoms with Crippen LogP contribution in [0.3, 0.4) is 0 Å². The summed E-state index contributed by atoms with van der Waals surface area (Å²) in [4.78, 5) is 106. The summed E-state index contributed by atoms with van der Waals surface area (Å²) < 4.78 is 42.9. The molecular formula is C32H53N5O17S. The van der Waals surface area contributed by atoms with Crippen LogP contribution in [0, 0.1) is 10.8 Å². The number of aldehydes is 1. The zero-order valence-electron chi connectivity index (χ0n) is 31.2. The summed E-state index contributed by atoms with van der Waals surface area (Å²) in [7, 11) is -4.86. The lowest BCUT2D eigenvalue weighted by atomic mass is 9.73. The quantitative estimate of drug-likeness (QED) is 0.0161. The Morgan fingerprint density at radius 2 is 1.29 bits per heavy atom. The van der Waals surface area contributed by atoms with Crippen molar-refractivity contribution in [1.82, 2.24) is 26.6 Å². The zero-order valence-corrected chi connectivity index (χ0v) is 32.0. The van der Waals surface area contributed by atoms with Crippen LogP contribution in [0.1, 0.15) is 72.6 Å². The number of hydrogen-bond donors (Lipinski definition) is 9. The molecule has 22 nitrogen and oxygen atoms in total. The molecule has 0 saturated carbocycles. The van der Waals surface area contributed by atoms with Crippen LogP contribution in [0.15, 0.2) is 0 Å². The van der Waals surface area contributed by atoms with Gasteiger partial charge in [-0.2, -0.15) is 8.42 Å². The molecule has 0 radical (unpaired) electrons. The van der Waals surface area contributed by atoms with Gasteiger partial charge in [-0.3, -0.25) is 38.1 Å². The Balaban J connectivity index is 4.69. The summed E-state index contributed by atoms with van der Waals surface area (Å²) in [5.41, 5.74) is -2.15. The third-order valence-corrected chi connectivity index (χ3v) is 8.33. The number of unbranched alkanes of at least 4 members (excludes halogenated alkanes) is 1. The summed E-state index contributed by atoms with van der Waals surface area (Å²) in [5, 5.41) is 39.5. The van der Waals surface area contributed by atoms with E-state index < -0.39 is 112 Å². The molecule has 314 valence electrons. The molecule has 9 N–H and O–H groups in total. The molecule has 0 fully saturated rings. The average Bonchev–Trinajstić information content (AvgIpc) is 3.04. The van der Waals surface area contributed by atoms with Gasteiger partial charge in [0.05, 0.1) is 25.2 Å². The number of aliphatic carboxylic acids is 3. The van der Waals surface area contributed by atoms with Crippen molar-refractivity contribution < 1.29 is 80.9 Å². The Kier molecular flexibility index (Phi) is 22.5. The molecule has 0 aliphatic carbocycles. The molecule has 0 aliphatic rings. The lowest BCUT2D eigenvalue weighted by Gasteiger charge is -2.32. The van der Waals surface area contributed by atoms with Crippen LogP contribution in [0.2, 0.25) is 0 Å². The second-order valence-corrected chi connectivity index (χ2v) is 15.4. The van der Waals surface area contributed by atoms with Crippen molar-refractivity contribution in [1.29, 1.82) is 0 Å².